The van der Waals surface area contributed by atoms with E-state index in [1.165, 1.54) is 11.0 Å². The van der Waals surface area contributed by atoms with E-state index >= 15 is 0 Å². The van der Waals surface area contributed by atoms with Crippen molar-refractivity contribution in [3.05, 3.63) is 70.1 Å². The van der Waals surface area contributed by atoms with E-state index in [4.69, 9.17) is 0 Å². The third-order valence-electron chi connectivity index (χ3n) is 6.20. The number of aryl methyl sites for hydroxylation is 2. The van der Waals surface area contributed by atoms with Crippen molar-refractivity contribution in [1.82, 2.24) is 14.9 Å². The molecule has 0 radical (unpaired) electrons. The van der Waals surface area contributed by atoms with E-state index in [-0.39, 0.29) is 42.8 Å². The Morgan fingerprint density at radius 2 is 1.73 bits per heavy atom. The molecule has 1 heterocycles. The van der Waals surface area contributed by atoms with Gasteiger partial charge in [0, 0.05) is 24.6 Å². The Hall–Kier alpha value is -3.48. The second-order valence-electron chi connectivity index (χ2n) is 8.70. The van der Waals surface area contributed by atoms with Crippen LogP contribution in [0.5, 0.6) is 0 Å². The molecule has 1 saturated carbocycles. The fourth-order valence-electron chi connectivity index (χ4n) is 4.39. The molecule has 3 aromatic rings. The van der Waals surface area contributed by atoms with Gasteiger partial charge in [-0.1, -0.05) is 49.6 Å². The Labute approximate surface area is 193 Å². The maximum absolute atomic E-state index is 13.2. The van der Waals surface area contributed by atoms with Gasteiger partial charge in [-0.3, -0.25) is 19.0 Å². The topological polar surface area (TPSA) is 93.1 Å². The standard InChI is InChI=1S/C26H30N4O3/c1-18-9-5-6-12-20(18)29-25(32)17-30-23-14-8-7-13-21(23)28-22(26(30)33)15-16-24(31)27-19-10-3-2-4-11-19/h5-9,12-14,19H,2-4,10-11,15-17H2,1H3,(H,27,31)(H,29,32). The minimum atomic E-state index is -0.334. The van der Waals surface area contributed by atoms with E-state index in [1.54, 1.807) is 6.07 Å². The molecule has 0 spiro atoms. The van der Waals surface area contributed by atoms with Gasteiger partial charge in [0.15, 0.2) is 0 Å². The van der Waals surface area contributed by atoms with Crippen LogP contribution in [0.3, 0.4) is 0 Å². The normalized spacial score (nSPS) is 14.2. The van der Waals surface area contributed by atoms with Gasteiger partial charge < -0.3 is 10.6 Å². The summed E-state index contributed by atoms with van der Waals surface area (Å²) in [6, 6.07) is 15.0. The minimum Gasteiger partial charge on any atom is -0.353 e. The summed E-state index contributed by atoms with van der Waals surface area (Å²) in [5.74, 6) is -0.344. The molecule has 0 unspecified atom stereocenters. The monoisotopic (exact) mass is 446 g/mol. The SMILES string of the molecule is Cc1ccccc1NC(=O)Cn1c(=O)c(CCC(=O)NC2CCCCC2)nc2ccccc21. The van der Waals surface area contributed by atoms with Crippen LogP contribution >= 0.6 is 0 Å². The van der Waals surface area contributed by atoms with Crippen LogP contribution in [0.25, 0.3) is 11.0 Å². The number of amides is 2. The molecular weight excluding hydrogens is 416 g/mol. The van der Waals surface area contributed by atoms with Crippen LogP contribution in [0, 0.1) is 6.92 Å². The highest BCUT2D eigenvalue weighted by atomic mass is 16.2. The van der Waals surface area contributed by atoms with Crippen molar-refractivity contribution in [3.63, 3.8) is 0 Å². The zero-order valence-corrected chi connectivity index (χ0v) is 19.0. The number of fused-ring (bicyclic) bond motifs is 1. The Morgan fingerprint density at radius 3 is 2.52 bits per heavy atom. The van der Waals surface area contributed by atoms with Crippen LogP contribution in [0.15, 0.2) is 53.3 Å². The van der Waals surface area contributed by atoms with E-state index in [1.807, 2.05) is 49.4 Å². The Bertz CT molecular complexity index is 1210. The fourth-order valence-corrected chi connectivity index (χ4v) is 4.39. The highest BCUT2D eigenvalue weighted by Crippen LogP contribution is 2.18. The van der Waals surface area contributed by atoms with Gasteiger partial charge in [0.05, 0.1) is 11.0 Å². The van der Waals surface area contributed by atoms with E-state index in [9.17, 15) is 14.4 Å². The number of aromatic nitrogens is 2. The fraction of sp³-hybridized carbons (Fsp3) is 0.385. The predicted molar refractivity (Wildman–Crippen MR) is 129 cm³/mol. The summed E-state index contributed by atoms with van der Waals surface area (Å²) < 4.78 is 1.45. The van der Waals surface area contributed by atoms with Gasteiger partial charge >= 0.3 is 0 Å². The maximum Gasteiger partial charge on any atom is 0.273 e. The number of rotatable bonds is 7. The van der Waals surface area contributed by atoms with Crippen molar-refractivity contribution in [1.29, 1.82) is 0 Å². The quantitative estimate of drug-likeness (QED) is 0.578. The number of benzene rings is 2. The van der Waals surface area contributed by atoms with Crippen molar-refractivity contribution in [2.75, 3.05) is 5.32 Å². The summed E-state index contributed by atoms with van der Waals surface area (Å²) in [5, 5.41) is 5.97. The highest BCUT2D eigenvalue weighted by molar-refractivity contribution is 5.92. The lowest BCUT2D eigenvalue weighted by molar-refractivity contribution is -0.122. The predicted octanol–water partition coefficient (Wildman–Crippen LogP) is 3.73. The summed E-state index contributed by atoms with van der Waals surface area (Å²) in [7, 11) is 0. The molecule has 7 nitrogen and oxygen atoms in total. The summed E-state index contributed by atoms with van der Waals surface area (Å²) in [4.78, 5) is 43.0. The molecule has 2 aromatic carbocycles. The smallest absolute Gasteiger partial charge is 0.273 e. The molecular formula is C26H30N4O3. The van der Waals surface area contributed by atoms with Crippen LogP contribution in [-0.4, -0.2) is 27.4 Å². The second-order valence-corrected chi connectivity index (χ2v) is 8.70. The van der Waals surface area contributed by atoms with Gasteiger partial charge in [0.25, 0.3) is 5.56 Å². The van der Waals surface area contributed by atoms with E-state index in [0.717, 1.165) is 31.2 Å². The lowest BCUT2D eigenvalue weighted by Gasteiger charge is -2.22. The van der Waals surface area contributed by atoms with Crippen LogP contribution in [0.4, 0.5) is 5.69 Å². The largest absolute Gasteiger partial charge is 0.353 e. The molecule has 0 aliphatic heterocycles. The number of hydrogen-bond donors (Lipinski definition) is 2. The zero-order chi connectivity index (χ0) is 23.2. The number of nitrogens with one attached hydrogen (secondary N) is 2. The molecule has 1 fully saturated rings. The van der Waals surface area contributed by atoms with Gasteiger partial charge in [-0.15, -0.1) is 0 Å². The molecule has 7 heteroatoms. The van der Waals surface area contributed by atoms with E-state index in [0.29, 0.717) is 22.4 Å². The van der Waals surface area contributed by atoms with Crippen molar-refractivity contribution < 1.29 is 9.59 Å². The number of hydrogen-bond acceptors (Lipinski definition) is 4. The lowest BCUT2D eigenvalue weighted by Crippen LogP contribution is -2.37. The van der Waals surface area contributed by atoms with Gasteiger partial charge in [-0.25, -0.2) is 4.98 Å². The summed E-state index contributed by atoms with van der Waals surface area (Å²) >= 11 is 0. The lowest BCUT2D eigenvalue weighted by atomic mass is 9.95. The van der Waals surface area contributed by atoms with Crippen molar-refractivity contribution in [2.45, 2.75) is 64.5 Å². The Morgan fingerprint density at radius 1 is 1.00 bits per heavy atom. The number of anilines is 1. The third kappa shape index (κ3) is 5.66. The van der Waals surface area contributed by atoms with Crippen molar-refractivity contribution in [2.24, 2.45) is 0 Å². The zero-order valence-electron chi connectivity index (χ0n) is 19.0. The average molecular weight is 447 g/mol. The third-order valence-corrected chi connectivity index (χ3v) is 6.20. The molecule has 0 bridgehead atoms. The molecule has 0 saturated heterocycles. The van der Waals surface area contributed by atoms with Crippen LogP contribution in [0.2, 0.25) is 0 Å². The molecule has 0 atom stereocenters. The van der Waals surface area contributed by atoms with Crippen LogP contribution in [-0.2, 0) is 22.6 Å². The molecule has 1 aliphatic rings. The van der Waals surface area contributed by atoms with Crippen LogP contribution < -0.4 is 16.2 Å². The first kappa shape index (κ1) is 22.7. The molecule has 1 aromatic heterocycles. The van der Waals surface area contributed by atoms with Crippen LogP contribution in [0.1, 0.15) is 49.8 Å². The number of carbonyl (C=O) groups excluding carboxylic acids is 2. The van der Waals surface area contributed by atoms with Gasteiger partial charge in [-0.05, 0) is 43.5 Å². The van der Waals surface area contributed by atoms with Crippen molar-refractivity contribution in [3.8, 4) is 0 Å². The molecule has 2 N–H and O–H groups in total. The first-order valence-electron chi connectivity index (χ1n) is 11.6. The Balaban J connectivity index is 1.51. The number of nitrogens with zero attached hydrogens (tertiary/aromatic N) is 2. The van der Waals surface area contributed by atoms with E-state index in [2.05, 4.69) is 15.6 Å². The summed E-state index contributed by atoms with van der Waals surface area (Å²) in [5.41, 5.74) is 2.85. The van der Waals surface area contributed by atoms with Gasteiger partial charge in [0.2, 0.25) is 11.8 Å². The minimum absolute atomic E-state index is 0.0555. The molecule has 33 heavy (non-hydrogen) atoms. The molecule has 172 valence electrons. The first-order chi connectivity index (χ1) is 16.0. The summed E-state index contributed by atoms with van der Waals surface area (Å²) in [6.07, 6.45) is 5.99. The molecule has 2 amide bonds. The number of para-hydroxylation sites is 3. The van der Waals surface area contributed by atoms with Crippen molar-refractivity contribution >= 4 is 28.5 Å². The Kier molecular flexibility index (Phi) is 7.17. The average Bonchev–Trinajstić information content (AvgIpc) is 2.82. The van der Waals surface area contributed by atoms with Gasteiger partial charge in [-0.2, -0.15) is 0 Å². The highest BCUT2D eigenvalue weighted by Gasteiger charge is 2.18. The van der Waals surface area contributed by atoms with Gasteiger partial charge in [0.1, 0.15) is 12.2 Å². The molecule has 1 aliphatic carbocycles. The van der Waals surface area contributed by atoms with E-state index < -0.39 is 0 Å². The molecule has 4 rings (SSSR count). The maximum atomic E-state index is 13.2. The summed E-state index contributed by atoms with van der Waals surface area (Å²) in [6.45, 7) is 1.79. The second kappa shape index (κ2) is 10.4. The first-order valence-corrected chi connectivity index (χ1v) is 11.6. The number of carbonyl (C=O) groups is 2.